The molecule has 4 fully saturated rings. The van der Waals surface area contributed by atoms with Gasteiger partial charge < -0.3 is 0 Å². The van der Waals surface area contributed by atoms with Gasteiger partial charge in [0.05, 0.1) is 0 Å². The smallest absolute Gasteiger partial charge is 0.00184 e. The molecular formula is C18H24. The van der Waals surface area contributed by atoms with Gasteiger partial charge in [-0.05, 0) is 73.7 Å². The van der Waals surface area contributed by atoms with Crippen molar-refractivity contribution in [2.75, 3.05) is 0 Å². The zero-order chi connectivity index (χ0) is 12.3. The lowest BCUT2D eigenvalue weighted by molar-refractivity contribution is -0.0523. The molecule has 0 amide bonds. The summed E-state index contributed by atoms with van der Waals surface area (Å²) in [6, 6.07) is 9.45. The Morgan fingerprint density at radius 3 is 1.83 bits per heavy atom. The van der Waals surface area contributed by atoms with E-state index in [2.05, 4.69) is 38.1 Å². The lowest BCUT2D eigenvalue weighted by atomic mass is 9.44. The fraction of sp³-hybridized carbons (Fsp3) is 0.667. The van der Waals surface area contributed by atoms with E-state index in [0.29, 0.717) is 5.41 Å². The van der Waals surface area contributed by atoms with Gasteiger partial charge in [-0.3, -0.25) is 0 Å². The van der Waals surface area contributed by atoms with Crippen LogP contribution in [0.25, 0.3) is 0 Å². The van der Waals surface area contributed by atoms with E-state index < -0.39 is 0 Å². The highest BCUT2D eigenvalue weighted by atomic mass is 14.6. The first-order valence-corrected chi connectivity index (χ1v) is 7.73. The first kappa shape index (κ1) is 11.1. The van der Waals surface area contributed by atoms with Crippen LogP contribution in [0.5, 0.6) is 0 Å². The lowest BCUT2D eigenvalue weighted by Crippen LogP contribution is -2.53. The zero-order valence-electron chi connectivity index (χ0n) is 11.7. The van der Waals surface area contributed by atoms with Gasteiger partial charge in [0.25, 0.3) is 0 Å². The third-order valence-corrected chi connectivity index (χ3v) is 6.51. The number of rotatable bonds is 1. The summed E-state index contributed by atoms with van der Waals surface area (Å²) < 4.78 is 0. The maximum Gasteiger partial charge on any atom is -0.00184 e. The fourth-order valence-corrected chi connectivity index (χ4v) is 5.55. The van der Waals surface area contributed by atoms with Crippen molar-refractivity contribution in [1.29, 1.82) is 0 Å². The summed E-state index contributed by atoms with van der Waals surface area (Å²) in [6.07, 6.45) is 7.60. The normalized spacial score (nSPS) is 45.4. The van der Waals surface area contributed by atoms with Crippen molar-refractivity contribution in [3.8, 4) is 0 Å². The Hall–Kier alpha value is -0.780. The molecule has 0 heterocycles. The molecule has 0 atom stereocenters. The molecule has 18 heavy (non-hydrogen) atoms. The first-order valence-electron chi connectivity index (χ1n) is 7.73. The minimum atomic E-state index is 0.487. The molecule has 0 radical (unpaired) electrons. The molecule has 0 aliphatic heterocycles. The standard InChI is InChI=1S/C18H24/c1-12-3-5-15(6-4-12)18(2)16-8-13-7-14(10-16)11-17(18)9-13/h3-6,13-14,16-17H,7-11H2,1-2H3. The van der Waals surface area contributed by atoms with Crippen LogP contribution in [-0.2, 0) is 5.41 Å². The van der Waals surface area contributed by atoms with Gasteiger partial charge in [0.2, 0.25) is 0 Å². The summed E-state index contributed by atoms with van der Waals surface area (Å²) in [6.45, 7) is 4.77. The Morgan fingerprint density at radius 2 is 1.33 bits per heavy atom. The average molecular weight is 240 g/mol. The van der Waals surface area contributed by atoms with E-state index in [1.807, 2.05) is 0 Å². The van der Waals surface area contributed by atoms with Crippen LogP contribution in [0.15, 0.2) is 24.3 Å². The van der Waals surface area contributed by atoms with Crippen LogP contribution in [0.4, 0.5) is 0 Å². The highest BCUT2D eigenvalue weighted by Gasteiger charge is 2.55. The molecule has 0 spiro atoms. The number of hydrogen-bond donors (Lipinski definition) is 0. The molecule has 0 unspecified atom stereocenters. The van der Waals surface area contributed by atoms with Crippen LogP contribution in [-0.4, -0.2) is 0 Å². The summed E-state index contributed by atoms with van der Waals surface area (Å²) in [5, 5.41) is 0. The van der Waals surface area contributed by atoms with Crippen molar-refractivity contribution < 1.29 is 0 Å². The first-order chi connectivity index (χ1) is 8.66. The van der Waals surface area contributed by atoms with Crippen molar-refractivity contribution in [2.45, 2.75) is 51.4 Å². The monoisotopic (exact) mass is 240 g/mol. The van der Waals surface area contributed by atoms with Crippen molar-refractivity contribution in [1.82, 2.24) is 0 Å². The Bertz CT molecular complexity index is 425. The van der Waals surface area contributed by atoms with Gasteiger partial charge in [-0.2, -0.15) is 0 Å². The van der Waals surface area contributed by atoms with Gasteiger partial charge in [0.15, 0.2) is 0 Å². The molecule has 1 aromatic carbocycles. The molecule has 0 aromatic heterocycles. The molecule has 4 aliphatic rings. The van der Waals surface area contributed by atoms with Crippen LogP contribution in [0.2, 0.25) is 0 Å². The van der Waals surface area contributed by atoms with Gasteiger partial charge >= 0.3 is 0 Å². The Labute approximate surface area is 111 Å². The maximum atomic E-state index is 2.57. The van der Waals surface area contributed by atoms with Gasteiger partial charge in [-0.25, -0.2) is 0 Å². The van der Waals surface area contributed by atoms with E-state index >= 15 is 0 Å². The Balaban J connectivity index is 1.76. The fourth-order valence-electron chi connectivity index (χ4n) is 5.55. The molecule has 5 rings (SSSR count). The third kappa shape index (κ3) is 1.38. The van der Waals surface area contributed by atoms with Crippen molar-refractivity contribution >= 4 is 0 Å². The third-order valence-electron chi connectivity index (χ3n) is 6.51. The summed E-state index contributed by atoms with van der Waals surface area (Å²) in [5.41, 5.74) is 3.51. The number of aryl methyl sites for hydroxylation is 1. The van der Waals surface area contributed by atoms with E-state index in [4.69, 9.17) is 0 Å². The summed E-state index contributed by atoms with van der Waals surface area (Å²) >= 11 is 0. The van der Waals surface area contributed by atoms with Crippen LogP contribution in [0.1, 0.15) is 50.2 Å². The molecule has 4 bridgehead atoms. The summed E-state index contributed by atoms with van der Waals surface area (Å²) in [4.78, 5) is 0. The summed E-state index contributed by atoms with van der Waals surface area (Å²) in [5.74, 6) is 4.09. The molecule has 4 saturated carbocycles. The van der Waals surface area contributed by atoms with Crippen LogP contribution >= 0.6 is 0 Å². The van der Waals surface area contributed by atoms with Crippen molar-refractivity contribution in [3.05, 3.63) is 35.4 Å². The number of hydrogen-bond acceptors (Lipinski definition) is 0. The van der Waals surface area contributed by atoms with Gasteiger partial charge in [-0.1, -0.05) is 36.8 Å². The largest absolute Gasteiger partial charge is 0.0590 e. The highest BCUT2D eigenvalue weighted by Crippen LogP contribution is 2.62. The molecular weight excluding hydrogens is 216 g/mol. The molecule has 0 N–H and O–H groups in total. The Kier molecular flexibility index (Phi) is 2.23. The number of benzene rings is 1. The Morgan fingerprint density at radius 1 is 0.833 bits per heavy atom. The van der Waals surface area contributed by atoms with E-state index in [0.717, 1.165) is 23.7 Å². The van der Waals surface area contributed by atoms with E-state index in [-0.39, 0.29) is 0 Å². The lowest BCUT2D eigenvalue weighted by Gasteiger charge is -2.60. The molecule has 0 nitrogen and oxygen atoms in total. The highest BCUT2D eigenvalue weighted by molar-refractivity contribution is 5.32. The van der Waals surface area contributed by atoms with E-state index in [9.17, 15) is 0 Å². The second-order valence-corrected chi connectivity index (χ2v) is 7.45. The van der Waals surface area contributed by atoms with E-state index in [1.165, 1.54) is 31.2 Å². The van der Waals surface area contributed by atoms with Crippen molar-refractivity contribution in [2.24, 2.45) is 23.7 Å². The topological polar surface area (TPSA) is 0 Å². The van der Waals surface area contributed by atoms with Gasteiger partial charge in [0.1, 0.15) is 0 Å². The van der Waals surface area contributed by atoms with Crippen LogP contribution < -0.4 is 0 Å². The predicted molar refractivity (Wildman–Crippen MR) is 75.6 cm³/mol. The quantitative estimate of drug-likeness (QED) is 0.667. The molecule has 0 saturated heterocycles. The average Bonchev–Trinajstić information content (AvgIpc) is 2.35. The van der Waals surface area contributed by atoms with Crippen molar-refractivity contribution in [3.63, 3.8) is 0 Å². The molecule has 0 heteroatoms. The zero-order valence-corrected chi connectivity index (χ0v) is 11.7. The predicted octanol–water partition coefficient (Wildman–Crippen LogP) is 4.71. The van der Waals surface area contributed by atoms with Gasteiger partial charge in [0, 0.05) is 0 Å². The van der Waals surface area contributed by atoms with Gasteiger partial charge in [-0.15, -0.1) is 0 Å². The van der Waals surface area contributed by atoms with Crippen LogP contribution in [0, 0.1) is 30.6 Å². The second-order valence-electron chi connectivity index (χ2n) is 7.45. The summed E-state index contributed by atoms with van der Waals surface area (Å²) in [7, 11) is 0. The molecule has 96 valence electrons. The van der Waals surface area contributed by atoms with Crippen LogP contribution in [0.3, 0.4) is 0 Å². The van der Waals surface area contributed by atoms with E-state index in [1.54, 1.807) is 12.0 Å². The SMILES string of the molecule is Cc1ccc(C2(C)C3CC4CC(C3)CC2C4)cc1. The second kappa shape index (κ2) is 3.62. The molecule has 1 aromatic rings. The maximum absolute atomic E-state index is 2.57. The molecule has 4 aliphatic carbocycles. The minimum Gasteiger partial charge on any atom is -0.0590 e. The minimum absolute atomic E-state index is 0.487.